The van der Waals surface area contributed by atoms with Crippen LogP contribution in [0.1, 0.15) is 50.7 Å². The van der Waals surface area contributed by atoms with E-state index in [1.165, 1.54) is 11.1 Å². The molecule has 0 atom stereocenters. The molecule has 2 rings (SSSR count). The minimum atomic E-state index is 0.642. The van der Waals surface area contributed by atoms with Gasteiger partial charge in [0.1, 0.15) is 0 Å². The number of hydrogen-bond acceptors (Lipinski definition) is 4. The first kappa shape index (κ1) is 22.6. The van der Waals surface area contributed by atoms with Gasteiger partial charge in [-0.3, -0.25) is 21.0 Å². The normalized spacial score (nSPS) is 8.82. The highest BCUT2D eigenvalue weighted by Crippen LogP contribution is 2.25. The van der Waals surface area contributed by atoms with Crippen molar-refractivity contribution >= 4 is 0 Å². The Kier molecular flexibility index (Phi) is 16.1. The summed E-state index contributed by atoms with van der Waals surface area (Å²) in [7, 11) is 0. The number of rotatable bonds is 2. The van der Waals surface area contributed by atoms with Gasteiger partial charge in [-0.05, 0) is 23.0 Å². The Hall–Kier alpha value is -1.72. The zero-order valence-electron chi connectivity index (χ0n) is 13.7. The van der Waals surface area contributed by atoms with Crippen LogP contribution in [-0.4, -0.2) is 21.0 Å². The topological polar surface area (TPSA) is 80.9 Å². The van der Waals surface area contributed by atoms with Crippen molar-refractivity contribution in [3.63, 3.8) is 0 Å². The van der Waals surface area contributed by atoms with Crippen LogP contribution in [0.25, 0.3) is 0 Å². The molecule has 4 N–H and O–H groups in total. The largest absolute Gasteiger partial charge is 0.255 e. The molecule has 0 aromatic heterocycles. The standard InChI is InChI=1S/C12H18.C6H6.2H2O2/c1-9(2)11-7-5-6-8-12(11)10(3)4;1-2-4-6-5-3-1;2*1-2/h5-10H,1-4H3;1-6H;2*1-2H. The van der Waals surface area contributed by atoms with Gasteiger partial charge < -0.3 is 0 Å². The minimum Gasteiger partial charge on any atom is -0.255 e. The minimum absolute atomic E-state index is 0.642. The summed E-state index contributed by atoms with van der Waals surface area (Å²) in [6.07, 6.45) is 0. The fourth-order valence-electron chi connectivity index (χ4n) is 1.95. The van der Waals surface area contributed by atoms with Crippen molar-refractivity contribution < 1.29 is 21.0 Å². The third kappa shape index (κ3) is 10.1. The van der Waals surface area contributed by atoms with Gasteiger partial charge in [-0.1, -0.05) is 88.4 Å². The SMILES string of the molecule is CC(C)c1ccccc1C(C)C.OO.OO.c1ccccc1. The summed E-state index contributed by atoms with van der Waals surface area (Å²) < 4.78 is 0. The van der Waals surface area contributed by atoms with E-state index in [2.05, 4.69) is 52.0 Å². The van der Waals surface area contributed by atoms with Gasteiger partial charge in [0.25, 0.3) is 0 Å². The average molecular weight is 308 g/mol. The average Bonchev–Trinajstić information content (AvgIpc) is 2.60. The van der Waals surface area contributed by atoms with Crippen LogP contribution in [0, 0.1) is 0 Å². The third-order valence-corrected chi connectivity index (χ3v) is 2.91. The molecule has 4 heteroatoms. The Bertz CT molecular complexity index is 388. The lowest BCUT2D eigenvalue weighted by Crippen LogP contribution is -1.97. The monoisotopic (exact) mass is 308 g/mol. The van der Waals surface area contributed by atoms with Gasteiger partial charge in [-0.2, -0.15) is 0 Å². The molecular weight excluding hydrogens is 280 g/mol. The molecule has 0 aliphatic carbocycles. The van der Waals surface area contributed by atoms with E-state index < -0.39 is 0 Å². The Morgan fingerprint density at radius 3 is 0.909 bits per heavy atom. The van der Waals surface area contributed by atoms with E-state index in [0.29, 0.717) is 11.8 Å². The van der Waals surface area contributed by atoms with Crippen molar-refractivity contribution in [1.29, 1.82) is 0 Å². The van der Waals surface area contributed by atoms with E-state index in [4.69, 9.17) is 21.0 Å². The summed E-state index contributed by atoms with van der Waals surface area (Å²) in [4.78, 5) is 0. The van der Waals surface area contributed by atoms with E-state index >= 15 is 0 Å². The lowest BCUT2D eigenvalue weighted by molar-refractivity contribution is -0.176. The van der Waals surface area contributed by atoms with Crippen molar-refractivity contribution in [3.8, 4) is 0 Å². The Labute approximate surface area is 133 Å². The molecule has 0 saturated heterocycles. The van der Waals surface area contributed by atoms with Gasteiger partial charge in [-0.25, -0.2) is 0 Å². The van der Waals surface area contributed by atoms with Crippen LogP contribution in [-0.2, 0) is 0 Å². The van der Waals surface area contributed by atoms with Crippen LogP contribution in [0.2, 0.25) is 0 Å². The number of benzene rings is 2. The van der Waals surface area contributed by atoms with Gasteiger partial charge in [0.15, 0.2) is 0 Å². The first-order valence-electron chi connectivity index (χ1n) is 7.11. The highest BCUT2D eigenvalue weighted by atomic mass is 17.0. The molecule has 0 aliphatic heterocycles. The van der Waals surface area contributed by atoms with E-state index in [0.717, 1.165) is 0 Å². The zero-order valence-corrected chi connectivity index (χ0v) is 13.7. The maximum atomic E-state index is 6.00. The van der Waals surface area contributed by atoms with Crippen LogP contribution in [0.3, 0.4) is 0 Å². The molecule has 0 unspecified atom stereocenters. The maximum Gasteiger partial charge on any atom is -0.0216 e. The van der Waals surface area contributed by atoms with Crippen molar-refractivity contribution in [1.82, 2.24) is 0 Å². The maximum absolute atomic E-state index is 6.00. The summed E-state index contributed by atoms with van der Waals surface area (Å²) in [5.41, 5.74) is 2.99. The van der Waals surface area contributed by atoms with Crippen molar-refractivity contribution in [2.45, 2.75) is 39.5 Å². The van der Waals surface area contributed by atoms with Crippen LogP contribution >= 0.6 is 0 Å². The van der Waals surface area contributed by atoms with Gasteiger partial charge in [0.2, 0.25) is 0 Å². The van der Waals surface area contributed by atoms with Gasteiger partial charge in [0.05, 0.1) is 0 Å². The summed E-state index contributed by atoms with van der Waals surface area (Å²) in [6, 6.07) is 20.7. The van der Waals surface area contributed by atoms with Crippen molar-refractivity contribution in [3.05, 3.63) is 71.8 Å². The fraction of sp³-hybridized carbons (Fsp3) is 0.333. The first-order chi connectivity index (χ1) is 10.6. The van der Waals surface area contributed by atoms with E-state index in [-0.39, 0.29) is 0 Å². The molecule has 0 amide bonds. The van der Waals surface area contributed by atoms with Gasteiger partial charge in [-0.15, -0.1) is 0 Å². The Balaban J connectivity index is 0. The lowest BCUT2D eigenvalue weighted by Gasteiger charge is -2.14. The van der Waals surface area contributed by atoms with E-state index in [9.17, 15) is 0 Å². The summed E-state index contributed by atoms with van der Waals surface area (Å²) in [5.74, 6) is 1.28. The molecule has 0 aliphatic rings. The second-order valence-corrected chi connectivity index (χ2v) is 5.09. The molecule has 0 heterocycles. The molecular formula is C18H28O4. The zero-order chi connectivity index (χ0) is 17.4. The summed E-state index contributed by atoms with van der Waals surface area (Å²) in [5, 5.41) is 24.0. The Morgan fingerprint density at radius 1 is 0.500 bits per heavy atom. The molecule has 0 spiro atoms. The predicted octanol–water partition coefficient (Wildman–Crippen LogP) is 5.65. The van der Waals surface area contributed by atoms with Crippen LogP contribution in [0.5, 0.6) is 0 Å². The summed E-state index contributed by atoms with van der Waals surface area (Å²) >= 11 is 0. The fourth-order valence-corrected chi connectivity index (χ4v) is 1.95. The second kappa shape index (κ2) is 15.7. The molecule has 0 bridgehead atoms. The quantitative estimate of drug-likeness (QED) is 0.426. The smallest absolute Gasteiger partial charge is 0.0216 e. The van der Waals surface area contributed by atoms with Crippen LogP contribution in [0.15, 0.2) is 60.7 Å². The van der Waals surface area contributed by atoms with Crippen LogP contribution < -0.4 is 0 Å². The molecule has 0 fully saturated rings. The molecule has 0 radical (unpaired) electrons. The third-order valence-electron chi connectivity index (χ3n) is 2.91. The predicted molar refractivity (Wildman–Crippen MR) is 91.6 cm³/mol. The van der Waals surface area contributed by atoms with Gasteiger partial charge >= 0.3 is 0 Å². The molecule has 4 nitrogen and oxygen atoms in total. The molecule has 2 aromatic rings. The van der Waals surface area contributed by atoms with E-state index in [1.54, 1.807) is 0 Å². The number of hydrogen-bond donors (Lipinski definition) is 4. The molecule has 124 valence electrons. The van der Waals surface area contributed by atoms with E-state index in [1.807, 2.05) is 36.4 Å². The highest BCUT2D eigenvalue weighted by Gasteiger charge is 2.07. The second-order valence-electron chi connectivity index (χ2n) is 5.09. The van der Waals surface area contributed by atoms with Gasteiger partial charge in [0, 0.05) is 0 Å². The molecule has 2 aromatic carbocycles. The van der Waals surface area contributed by atoms with Crippen LogP contribution in [0.4, 0.5) is 0 Å². The molecule has 0 saturated carbocycles. The lowest BCUT2D eigenvalue weighted by atomic mass is 9.91. The highest BCUT2D eigenvalue weighted by molar-refractivity contribution is 5.31. The van der Waals surface area contributed by atoms with Crippen molar-refractivity contribution in [2.24, 2.45) is 0 Å². The summed E-state index contributed by atoms with van der Waals surface area (Å²) in [6.45, 7) is 9.00. The first-order valence-corrected chi connectivity index (χ1v) is 7.11. The Morgan fingerprint density at radius 2 is 0.727 bits per heavy atom. The molecule has 22 heavy (non-hydrogen) atoms. The van der Waals surface area contributed by atoms with Crippen molar-refractivity contribution in [2.75, 3.05) is 0 Å².